The molecule has 0 N–H and O–H groups in total. The van der Waals surface area contributed by atoms with E-state index in [0.717, 1.165) is 68.6 Å². The minimum Gasteiger partial charge on any atom is -0.342 e. The van der Waals surface area contributed by atoms with Gasteiger partial charge in [-0.15, -0.1) is 10.2 Å². The molecular formula is C19H35N5OS. The van der Waals surface area contributed by atoms with Crippen molar-refractivity contribution < 1.29 is 4.79 Å². The largest absolute Gasteiger partial charge is 0.342 e. The molecule has 1 saturated heterocycles. The van der Waals surface area contributed by atoms with Gasteiger partial charge in [0.1, 0.15) is 0 Å². The number of piperidine rings is 1. The summed E-state index contributed by atoms with van der Waals surface area (Å²) in [5, 5.41) is 9.80. The molecule has 1 aliphatic heterocycles. The number of hydrogen-bond donors (Lipinski definition) is 0. The first-order valence-electron chi connectivity index (χ1n) is 9.97. The number of amides is 1. The number of aromatic nitrogens is 3. The second kappa shape index (κ2) is 10.3. The molecule has 1 unspecified atom stereocenters. The van der Waals surface area contributed by atoms with E-state index in [1.165, 1.54) is 0 Å². The van der Waals surface area contributed by atoms with Crippen molar-refractivity contribution in [1.82, 2.24) is 24.6 Å². The molecule has 26 heavy (non-hydrogen) atoms. The Bertz CT molecular complexity index is 566. The molecule has 0 spiro atoms. The normalized spacial score (nSPS) is 17.1. The number of unbranched alkanes of at least 4 members (excludes halogenated alkanes) is 1. The highest BCUT2D eigenvalue weighted by atomic mass is 32.2. The van der Waals surface area contributed by atoms with Gasteiger partial charge in [-0.3, -0.25) is 9.69 Å². The molecular weight excluding hydrogens is 346 g/mol. The lowest BCUT2D eigenvalue weighted by Gasteiger charge is -2.30. The molecule has 2 rings (SSSR count). The van der Waals surface area contributed by atoms with Gasteiger partial charge >= 0.3 is 0 Å². The average Bonchev–Trinajstić information content (AvgIpc) is 3.01. The zero-order chi connectivity index (χ0) is 19.1. The Morgan fingerprint density at radius 1 is 1.27 bits per heavy atom. The van der Waals surface area contributed by atoms with E-state index in [0.29, 0.717) is 5.75 Å². The average molecular weight is 382 g/mol. The van der Waals surface area contributed by atoms with Gasteiger partial charge in [-0.25, -0.2) is 0 Å². The number of thioether (sulfide) groups is 1. The minimum absolute atomic E-state index is 0.230. The van der Waals surface area contributed by atoms with E-state index in [1.807, 2.05) is 4.90 Å². The third kappa shape index (κ3) is 5.46. The summed E-state index contributed by atoms with van der Waals surface area (Å²) in [6.07, 6.45) is 5.46. The monoisotopic (exact) mass is 381 g/mol. The van der Waals surface area contributed by atoms with Crippen LogP contribution in [0.5, 0.6) is 0 Å². The van der Waals surface area contributed by atoms with E-state index in [9.17, 15) is 4.79 Å². The highest BCUT2D eigenvalue weighted by Crippen LogP contribution is 2.26. The fourth-order valence-electron chi connectivity index (χ4n) is 3.43. The van der Waals surface area contributed by atoms with E-state index in [1.54, 1.807) is 11.8 Å². The topological polar surface area (TPSA) is 54.3 Å². The third-order valence-electron chi connectivity index (χ3n) is 5.25. The van der Waals surface area contributed by atoms with Crippen molar-refractivity contribution >= 4 is 17.7 Å². The van der Waals surface area contributed by atoms with Crippen LogP contribution in [0.4, 0.5) is 0 Å². The molecule has 6 nitrogen and oxygen atoms in total. The number of likely N-dealkylation sites (tertiary alicyclic amines) is 1. The van der Waals surface area contributed by atoms with Crippen molar-refractivity contribution in [3.8, 4) is 0 Å². The van der Waals surface area contributed by atoms with E-state index in [4.69, 9.17) is 0 Å². The Morgan fingerprint density at radius 3 is 2.54 bits per heavy atom. The maximum Gasteiger partial charge on any atom is 0.233 e. The van der Waals surface area contributed by atoms with Crippen LogP contribution in [0.25, 0.3) is 0 Å². The smallest absolute Gasteiger partial charge is 0.233 e. The second-order valence-electron chi connectivity index (χ2n) is 7.59. The summed E-state index contributed by atoms with van der Waals surface area (Å²) in [4.78, 5) is 16.8. The fourth-order valence-corrected chi connectivity index (χ4v) is 4.31. The minimum atomic E-state index is 0.230. The van der Waals surface area contributed by atoms with Crippen LogP contribution in [0.2, 0.25) is 0 Å². The van der Waals surface area contributed by atoms with Gasteiger partial charge in [-0.2, -0.15) is 0 Å². The number of rotatable bonds is 9. The molecule has 2 heterocycles. The predicted molar refractivity (Wildman–Crippen MR) is 107 cm³/mol. The molecule has 1 atom stereocenters. The van der Waals surface area contributed by atoms with Crippen LogP contribution in [-0.4, -0.2) is 63.4 Å². The zero-order valence-corrected chi connectivity index (χ0v) is 17.9. The van der Waals surface area contributed by atoms with Crippen molar-refractivity contribution in [2.75, 3.05) is 32.9 Å². The first-order chi connectivity index (χ1) is 12.5. The maximum absolute atomic E-state index is 12.5. The lowest BCUT2D eigenvalue weighted by Crippen LogP contribution is -2.38. The number of carbonyl (C=O) groups is 1. The van der Waals surface area contributed by atoms with Gasteiger partial charge in [-0.05, 0) is 45.7 Å². The molecule has 1 amide bonds. The molecule has 0 saturated carbocycles. The molecule has 0 bridgehead atoms. The quantitative estimate of drug-likeness (QED) is 0.613. The van der Waals surface area contributed by atoms with E-state index in [-0.39, 0.29) is 11.9 Å². The van der Waals surface area contributed by atoms with Crippen molar-refractivity contribution in [2.45, 2.75) is 70.6 Å². The van der Waals surface area contributed by atoms with Gasteiger partial charge in [0.15, 0.2) is 11.0 Å². The molecule has 7 heteroatoms. The van der Waals surface area contributed by atoms with Crippen LogP contribution < -0.4 is 0 Å². The molecule has 0 radical (unpaired) electrons. The summed E-state index contributed by atoms with van der Waals surface area (Å²) in [5.74, 6) is 2.45. The van der Waals surface area contributed by atoms with E-state index in [2.05, 4.69) is 54.5 Å². The lowest BCUT2D eigenvalue weighted by atomic mass is 9.99. The number of hydrogen-bond acceptors (Lipinski definition) is 5. The summed E-state index contributed by atoms with van der Waals surface area (Å²) in [6.45, 7) is 9.35. The highest BCUT2D eigenvalue weighted by Gasteiger charge is 2.24. The Morgan fingerprint density at radius 2 is 1.96 bits per heavy atom. The Hall–Kier alpha value is -1.08. The standard InChI is InChI=1S/C19H35N5OS/c1-6-8-11-24-18(16(7-2)22(4)5)20-21-19(24)26-14-17(25)23-12-9-15(3)10-13-23/h15-16H,6-14H2,1-5H3. The molecule has 1 aromatic rings. The third-order valence-corrected chi connectivity index (χ3v) is 6.20. The maximum atomic E-state index is 12.5. The van der Waals surface area contributed by atoms with E-state index >= 15 is 0 Å². The summed E-state index contributed by atoms with van der Waals surface area (Å²) >= 11 is 1.54. The molecule has 1 fully saturated rings. The van der Waals surface area contributed by atoms with Crippen molar-refractivity contribution in [3.05, 3.63) is 5.82 Å². The van der Waals surface area contributed by atoms with Gasteiger partial charge in [0.2, 0.25) is 5.91 Å². The summed E-state index contributed by atoms with van der Waals surface area (Å²) in [7, 11) is 4.17. The van der Waals surface area contributed by atoms with Gasteiger partial charge in [-0.1, -0.05) is 39.0 Å². The van der Waals surface area contributed by atoms with Crippen LogP contribution in [0.15, 0.2) is 5.16 Å². The molecule has 1 aliphatic rings. The van der Waals surface area contributed by atoms with Crippen molar-refractivity contribution in [3.63, 3.8) is 0 Å². The van der Waals surface area contributed by atoms with Gasteiger partial charge in [0, 0.05) is 19.6 Å². The molecule has 0 aromatic carbocycles. The predicted octanol–water partition coefficient (Wildman–Crippen LogP) is 3.44. The SMILES string of the molecule is CCCCn1c(SCC(=O)N2CCC(C)CC2)nnc1C(CC)N(C)C. The number of nitrogens with zero attached hydrogens (tertiary/aromatic N) is 5. The summed E-state index contributed by atoms with van der Waals surface area (Å²) in [6, 6.07) is 0.257. The molecule has 0 aliphatic carbocycles. The van der Waals surface area contributed by atoms with Gasteiger partial charge in [0.25, 0.3) is 0 Å². The summed E-state index contributed by atoms with van der Waals surface area (Å²) in [5.41, 5.74) is 0. The van der Waals surface area contributed by atoms with Crippen LogP contribution >= 0.6 is 11.8 Å². The van der Waals surface area contributed by atoms with Gasteiger partial charge in [0.05, 0.1) is 11.8 Å². The van der Waals surface area contributed by atoms with Gasteiger partial charge < -0.3 is 9.47 Å². The fraction of sp³-hybridized carbons (Fsp3) is 0.842. The van der Waals surface area contributed by atoms with E-state index < -0.39 is 0 Å². The van der Waals surface area contributed by atoms with Crippen LogP contribution in [0.1, 0.15) is 64.7 Å². The van der Waals surface area contributed by atoms with Crippen molar-refractivity contribution in [2.24, 2.45) is 5.92 Å². The molecule has 148 valence electrons. The van der Waals surface area contributed by atoms with Crippen LogP contribution in [0.3, 0.4) is 0 Å². The zero-order valence-electron chi connectivity index (χ0n) is 17.1. The number of carbonyl (C=O) groups excluding carboxylic acids is 1. The lowest BCUT2D eigenvalue weighted by molar-refractivity contribution is -0.129. The molecule has 1 aromatic heterocycles. The summed E-state index contributed by atoms with van der Waals surface area (Å²) < 4.78 is 2.23. The van der Waals surface area contributed by atoms with Crippen LogP contribution in [-0.2, 0) is 11.3 Å². The van der Waals surface area contributed by atoms with Crippen molar-refractivity contribution in [1.29, 1.82) is 0 Å². The first kappa shape index (κ1) is 21.2. The Balaban J connectivity index is 2.05. The Kier molecular flexibility index (Phi) is 8.41. The second-order valence-corrected chi connectivity index (χ2v) is 8.53. The van der Waals surface area contributed by atoms with Crippen LogP contribution in [0, 0.1) is 5.92 Å². The highest BCUT2D eigenvalue weighted by molar-refractivity contribution is 7.99. The Labute approximate surface area is 162 Å². The first-order valence-corrected chi connectivity index (χ1v) is 11.0.